The maximum absolute atomic E-state index is 11.7. The normalized spacial score (nSPS) is 15.6. The van der Waals surface area contributed by atoms with Crippen molar-refractivity contribution in [3.05, 3.63) is 23.5 Å². The van der Waals surface area contributed by atoms with Gasteiger partial charge in [-0.05, 0) is 12.5 Å². The average Bonchev–Trinajstić information content (AvgIpc) is 2.19. The van der Waals surface area contributed by atoms with Crippen LogP contribution in [-0.2, 0) is 9.63 Å². The van der Waals surface area contributed by atoms with Gasteiger partial charge in [0, 0.05) is 26.5 Å². The molecule has 0 aliphatic carbocycles. The lowest BCUT2D eigenvalue weighted by Gasteiger charge is -2.24. The molecule has 1 N–H and O–H groups in total. The van der Waals surface area contributed by atoms with Gasteiger partial charge < -0.3 is 5.43 Å². The van der Waals surface area contributed by atoms with Crippen LogP contribution < -0.4 is 5.43 Å². The zero-order chi connectivity index (χ0) is 10.7. The van der Waals surface area contributed by atoms with Crippen molar-refractivity contribution in [2.75, 3.05) is 21.2 Å². The van der Waals surface area contributed by atoms with Crippen LogP contribution in [0.25, 0.3) is 0 Å². The highest BCUT2D eigenvalue weighted by molar-refractivity contribution is 5.96. The first-order chi connectivity index (χ1) is 6.56. The number of hydrazine groups is 1. The van der Waals surface area contributed by atoms with E-state index in [0.29, 0.717) is 5.57 Å². The summed E-state index contributed by atoms with van der Waals surface area (Å²) in [5, 5.41) is 2.91. The summed E-state index contributed by atoms with van der Waals surface area (Å²) in [6.07, 6.45) is 3.50. The number of hydroxylamine groups is 2. The lowest BCUT2D eigenvalue weighted by Crippen LogP contribution is -2.34. The fraction of sp³-hybridized carbons (Fsp3) is 0.444. The Bertz CT molecular complexity index is 296. The maximum atomic E-state index is 11.7. The minimum atomic E-state index is -0.158. The highest BCUT2D eigenvalue weighted by Crippen LogP contribution is 2.14. The van der Waals surface area contributed by atoms with Gasteiger partial charge in [-0.15, -0.1) is 0 Å². The third-order valence-corrected chi connectivity index (χ3v) is 2.02. The molecule has 0 aromatic heterocycles. The largest absolute Gasteiger partial charge is 0.306 e. The van der Waals surface area contributed by atoms with Crippen molar-refractivity contribution in [1.29, 1.82) is 0 Å². The summed E-state index contributed by atoms with van der Waals surface area (Å²) in [7, 11) is 4.86. The van der Waals surface area contributed by atoms with Crippen LogP contribution in [0.3, 0.4) is 0 Å². The molecule has 0 saturated heterocycles. The second kappa shape index (κ2) is 4.15. The van der Waals surface area contributed by atoms with E-state index < -0.39 is 0 Å². The molecular weight excluding hydrogens is 182 g/mol. The van der Waals surface area contributed by atoms with Crippen LogP contribution in [-0.4, -0.2) is 37.2 Å². The van der Waals surface area contributed by atoms with Gasteiger partial charge in [-0.2, -0.15) is 0 Å². The molecule has 78 valence electrons. The van der Waals surface area contributed by atoms with Crippen LogP contribution >= 0.6 is 0 Å². The molecule has 0 saturated carbocycles. The smallest absolute Gasteiger partial charge is 0.279 e. The van der Waals surface area contributed by atoms with Crippen LogP contribution in [0.2, 0.25) is 0 Å². The van der Waals surface area contributed by atoms with E-state index in [1.807, 2.05) is 14.0 Å². The highest BCUT2D eigenvalue weighted by atomic mass is 16.7. The van der Waals surface area contributed by atoms with Gasteiger partial charge in [0.1, 0.15) is 0 Å². The molecule has 14 heavy (non-hydrogen) atoms. The quantitative estimate of drug-likeness (QED) is 0.644. The van der Waals surface area contributed by atoms with Gasteiger partial charge in [0.05, 0.1) is 12.7 Å². The first-order valence-corrected chi connectivity index (χ1v) is 4.26. The van der Waals surface area contributed by atoms with E-state index in [0.717, 1.165) is 5.57 Å². The number of nitrogens with one attached hydrogen (secondary N) is 1. The van der Waals surface area contributed by atoms with E-state index in [1.165, 1.54) is 12.2 Å². The summed E-state index contributed by atoms with van der Waals surface area (Å²) >= 11 is 0. The summed E-state index contributed by atoms with van der Waals surface area (Å²) < 4.78 is 0. The van der Waals surface area contributed by atoms with Crippen molar-refractivity contribution in [2.45, 2.75) is 6.92 Å². The number of nitrogens with zero attached hydrogens (tertiary/aromatic N) is 2. The minimum absolute atomic E-state index is 0.158. The number of hydrogen-bond donors (Lipinski definition) is 1. The van der Waals surface area contributed by atoms with Crippen LogP contribution in [0.1, 0.15) is 6.92 Å². The molecule has 1 aliphatic rings. The molecule has 5 heteroatoms. The van der Waals surface area contributed by atoms with Gasteiger partial charge in [0.25, 0.3) is 5.91 Å². The van der Waals surface area contributed by atoms with Gasteiger partial charge in [-0.1, -0.05) is 0 Å². The third kappa shape index (κ3) is 2.05. The molecule has 1 amide bonds. The third-order valence-electron chi connectivity index (χ3n) is 2.02. The molecule has 0 bridgehead atoms. The van der Waals surface area contributed by atoms with E-state index in [1.54, 1.807) is 24.5 Å². The van der Waals surface area contributed by atoms with Crippen molar-refractivity contribution in [3.8, 4) is 0 Å². The van der Waals surface area contributed by atoms with Crippen molar-refractivity contribution >= 4 is 5.91 Å². The number of likely N-dealkylation sites (N-methyl/N-ethyl adjacent to an activating group) is 1. The number of hydrogen-bond acceptors (Lipinski definition) is 4. The van der Waals surface area contributed by atoms with Crippen LogP contribution in [0, 0.1) is 0 Å². The molecule has 0 spiro atoms. The SMILES string of the molecule is CON(C)C(=O)C1=CN(C)NC=C1C. The number of amides is 1. The van der Waals surface area contributed by atoms with E-state index >= 15 is 0 Å². The van der Waals surface area contributed by atoms with E-state index in [9.17, 15) is 4.79 Å². The molecular formula is C9H15N3O2. The fourth-order valence-electron chi connectivity index (χ4n) is 1.09. The predicted octanol–water partition coefficient (Wildman–Crippen LogP) is 0.244. The predicted molar refractivity (Wildman–Crippen MR) is 52.5 cm³/mol. The summed E-state index contributed by atoms with van der Waals surface area (Å²) in [6, 6.07) is 0. The lowest BCUT2D eigenvalue weighted by molar-refractivity contribution is -0.163. The Morgan fingerprint density at radius 1 is 1.64 bits per heavy atom. The molecule has 1 aliphatic heterocycles. The van der Waals surface area contributed by atoms with Crippen LogP contribution in [0.5, 0.6) is 0 Å². The van der Waals surface area contributed by atoms with Crippen LogP contribution in [0.15, 0.2) is 23.5 Å². The van der Waals surface area contributed by atoms with E-state index in [2.05, 4.69) is 5.43 Å². The number of rotatable bonds is 2. The zero-order valence-corrected chi connectivity index (χ0v) is 8.87. The first-order valence-electron chi connectivity index (χ1n) is 4.26. The van der Waals surface area contributed by atoms with Crippen molar-refractivity contribution in [3.63, 3.8) is 0 Å². The second-order valence-electron chi connectivity index (χ2n) is 3.10. The van der Waals surface area contributed by atoms with Gasteiger partial charge >= 0.3 is 0 Å². The standard InChI is InChI=1S/C9H15N3O2/c1-7-5-10-11(2)6-8(7)9(13)12(3)14-4/h5-6,10H,1-4H3. The van der Waals surface area contributed by atoms with Gasteiger partial charge in [-0.25, -0.2) is 5.06 Å². The Morgan fingerprint density at radius 3 is 2.86 bits per heavy atom. The second-order valence-corrected chi connectivity index (χ2v) is 3.10. The Morgan fingerprint density at radius 2 is 2.29 bits per heavy atom. The highest BCUT2D eigenvalue weighted by Gasteiger charge is 2.19. The molecule has 1 rings (SSSR count). The maximum Gasteiger partial charge on any atom is 0.279 e. The Hall–Kier alpha value is -1.49. The minimum Gasteiger partial charge on any atom is -0.306 e. The van der Waals surface area contributed by atoms with E-state index in [4.69, 9.17) is 4.84 Å². The summed E-state index contributed by atoms with van der Waals surface area (Å²) in [5.41, 5.74) is 4.46. The van der Waals surface area contributed by atoms with Gasteiger partial charge in [0.15, 0.2) is 0 Å². The van der Waals surface area contributed by atoms with Crippen LogP contribution in [0.4, 0.5) is 0 Å². The topological polar surface area (TPSA) is 44.8 Å². The fourth-order valence-corrected chi connectivity index (χ4v) is 1.09. The first kappa shape index (κ1) is 10.6. The Kier molecular flexibility index (Phi) is 3.14. The lowest BCUT2D eigenvalue weighted by atomic mass is 10.1. The molecule has 0 radical (unpaired) electrons. The summed E-state index contributed by atoms with van der Waals surface area (Å²) in [6.45, 7) is 1.87. The van der Waals surface area contributed by atoms with Crippen molar-refractivity contribution < 1.29 is 9.63 Å². The number of carbonyl (C=O) groups is 1. The summed E-state index contributed by atoms with van der Waals surface area (Å²) in [5.74, 6) is -0.158. The van der Waals surface area contributed by atoms with E-state index in [-0.39, 0.29) is 5.91 Å². The molecule has 0 atom stereocenters. The molecule has 0 fully saturated rings. The van der Waals surface area contributed by atoms with Crippen molar-refractivity contribution in [1.82, 2.24) is 15.5 Å². The van der Waals surface area contributed by atoms with Gasteiger partial charge in [0.2, 0.25) is 0 Å². The average molecular weight is 197 g/mol. The molecule has 1 heterocycles. The summed E-state index contributed by atoms with van der Waals surface area (Å²) in [4.78, 5) is 16.5. The Balaban J connectivity index is 2.85. The monoisotopic (exact) mass is 197 g/mol. The van der Waals surface area contributed by atoms with Gasteiger partial charge in [-0.3, -0.25) is 14.6 Å². The molecule has 0 unspecified atom stereocenters. The molecule has 5 nitrogen and oxygen atoms in total. The number of carbonyl (C=O) groups excluding carboxylic acids is 1. The molecule has 0 aromatic rings. The van der Waals surface area contributed by atoms with Crippen molar-refractivity contribution in [2.24, 2.45) is 0 Å². The zero-order valence-electron chi connectivity index (χ0n) is 8.87. The molecule has 0 aromatic carbocycles. The Labute approximate surface area is 83.5 Å².